The number of nitro benzene ring substituents is 1. The van der Waals surface area contributed by atoms with Gasteiger partial charge >= 0.3 is 0 Å². The molecule has 2 aromatic carbocycles. The maximum absolute atomic E-state index is 12.9. The molecule has 8 heteroatoms. The summed E-state index contributed by atoms with van der Waals surface area (Å²) in [4.78, 5) is 50.0. The monoisotopic (exact) mass is 417 g/mol. The third kappa shape index (κ3) is 2.94. The van der Waals surface area contributed by atoms with Gasteiger partial charge in [0.05, 0.1) is 22.4 Å². The van der Waals surface area contributed by atoms with Crippen molar-refractivity contribution in [1.29, 1.82) is 0 Å². The molecule has 156 valence electrons. The zero-order chi connectivity index (χ0) is 21.9. The van der Waals surface area contributed by atoms with E-state index in [9.17, 15) is 24.5 Å². The third-order valence-electron chi connectivity index (χ3n) is 6.53. The summed E-state index contributed by atoms with van der Waals surface area (Å²) in [6.45, 7) is 1.68. The van der Waals surface area contributed by atoms with Crippen LogP contribution in [0.2, 0.25) is 0 Å². The zero-order valence-corrected chi connectivity index (χ0v) is 16.6. The number of imide groups is 1. The number of aryl methyl sites for hydroxylation is 1. The molecule has 2 aliphatic carbocycles. The van der Waals surface area contributed by atoms with Gasteiger partial charge in [-0.1, -0.05) is 12.2 Å². The van der Waals surface area contributed by atoms with E-state index < -0.39 is 4.92 Å². The van der Waals surface area contributed by atoms with Gasteiger partial charge in [-0.25, -0.2) is 0 Å². The summed E-state index contributed by atoms with van der Waals surface area (Å²) in [7, 11) is 0. The van der Waals surface area contributed by atoms with E-state index in [-0.39, 0.29) is 47.1 Å². The standard InChI is InChI=1S/C23H19N3O5/c1-12-10-17(26(30)31)8-9-18(12)24-21(27)13-4-6-16(7-5-13)25-22(28)19-14-2-3-15(11-14)20(19)23(25)29/h2-10,14-15,19-20H,11H2,1H3,(H,24,27)/t14-,15-,19+,20+/m1/s1. The van der Waals surface area contributed by atoms with Crippen molar-refractivity contribution in [3.8, 4) is 0 Å². The van der Waals surface area contributed by atoms with Gasteiger partial charge in [0, 0.05) is 23.4 Å². The highest BCUT2D eigenvalue weighted by Gasteiger charge is 2.59. The molecule has 1 saturated heterocycles. The number of hydrogen-bond acceptors (Lipinski definition) is 5. The normalized spacial score (nSPS) is 25.8. The largest absolute Gasteiger partial charge is 0.322 e. The summed E-state index contributed by atoms with van der Waals surface area (Å²) in [5.74, 6) is -0.957. The van der Waals surface area contributed by atoms with Gasteiger partial charge in [0.2, 0.25) is 11.8 Å². The molecule has 2 aromatic rings. The lowest BCUT2D eigenvalue weighted by Gasteiger charge is -2.17. The van der Waals surface area contributed by atoms with E-state index in [2.05, 4.69) is 5.32 Å². The van der Waals surface area contributed by atoms with E-state index in [1.54, 1.807) is 31.2 Å². The lowest BCUT2D eigenvalue weighted by atomic mass is 9.85. The van der Waals surface area contributed by atoms with Crippen molar-refractivity contribution in [2.45, 2.75) is 13.3 Å². The summed E-state index contributed by atoms with van der Waals surface area (Å²) < 4.78 is 0. The number of anilines is 2. The summed E-state index contributed by atoms with van der Waals surface area (Å²) in [6, 6.07) is 10.5. The predicted octanol–water partition coefficient (Wildman–Crippen LogP) is 3.47. The Morgan fingerprint density at radius 2 is 1.65 bits per heavy atom. The van der Waals surface area contributed by atoms with Gasteiger partial charge in [-0.15, -0.1) is 0 Å². The molecule has 3 aliphatic rings. The molecule has 1 aliphatic heterocycles. The molecule has 0 spiro atoms. The van der Waals surface area contributed by atoms with Crippen molar-refractivity contribution in [2.24, 2.45) is 23.7 Å². The van der Waals surface area contributed by atoms with Crippen LogP contribution in [0.15, 0.2) is 54.6 Å². The molecule has 0 aromatic heterocycles. The molecular weight excluding hydrogens is 398 g/mol. The summed E-state index contributed by atoms with van der Waals surface area (Å²) in [6.07, 6.45) is 4.98. The maximum atomic E-state index is 12.9. The summed E-state index contributed by atoms with van der Waals surface area (Å²) >= 11 is 0. The molecule has 2 fully saturated rings. The Morgan fingerprint density at radius 1 is 1.03 bits per heavy atom. The number of benzene rings is 2. The van der Waals surface area contributed by atoms with Crippen LogP contribution in [0.5, 0.6) is 0 Å². The number of rotatable bonds is 4. The topological polar surface area (TPSA) is 110 Å². The van der Waals surface area contributed by atoms with Gasteiger partial charge in [-0.2, -0.15) is 0 Å². The lowest BCUT2D eigenvalue weighted by molar-refractivity contribution is -0.384. The fraction of sp³-hybridized carbons (Fsp3) is 0.261. The Kier molecular flexibility index (Phi) is 4.25. The second-order valence-electron chi connectivity index (χ2n) is 8.27. The SMILES string of the molecule is Cc1cc([N+](=O)[O-])ccc1NC(=O)c1ccc(N2C(=O)[C@@H]3[C@@H](C2=O)[C@@H]2C=C[C@@H]3C2)cc1. The summed E-state index contributed by atoms with van der Waals surface area (Å²) in [5, 5.41) is 13.6. The minimum absolute atomic E-state index is 0.0480. The summed E-state index contributed by atoms with van der Waals surface area (Å²) in [5.41, 5.74) is 1.81. The average Bonchev–Trinajstić information content (AvgIpc) is 3.43. The number of hydrogen-bond donors (Lipinski definition) is 1. The number of nitrogens with zero attached hydrogens (tertiary/aromatic N) is 2. The number of allylic oxidation sites excluding steroid dienone is 2. The van der Waals surface area contributed by atoms with Crippen molar-refractivity contribution < 1.29 is 19.3 Å². The van der Waals surface area contributed by atoms with Crippen molar-refractivity contribution >= 4 is 34.8 Å². The van der Waals surface area contributed by atoms with E-state index >= 15 is 0 Å². The van der Waals surface area contributed by atoms with Crippen LogP contribution in [-0.4, -0.2) is 22.6 Å². The zero-order valence-electron chi connectivity index (χ0n) is 16.6. The quantitative estimate of drug-likeness (QED) is 0.355. The fourth-order valence-electron chi connectivity index (χ4n) is 5.01. The van der Waals surface area contributed by atoms with Crippen LogP contribution in [-0.2, 0) is 9.59 Å². The minimum Gasteiger partial charge on any atom is -0.322 e. The third-order valence-corrected chi connectivity index (χ3v) is 6.53. The first-order valence-corrected chi connectivity index (χ1v) is 10.1. The van der Waals surface area contributed by atoms with E-state index in [0.717, 1.165) is 6.42 Å². The van der Waals surface area contributed by atoms with Crippen LogP contribution in [0.25, 0.3) is 0 Å². The molecule has 3 amide bonds. The van der Waals surface area contributed by atoms with E-state index in [1.165, 1.54) is 23.1 Å². The van der Waals surface area contributed by atoms with Gasteiger partial charge < -0.3 is 5.32 Å². The van der Waals surface area contributed by atoms with Crippen LogP contribution in [0.3, 0.4) is 0 Å². The molecule has 31 heavy (non-hydrogen) atoms. The van der Waals surface area contributed by atoms with Gasteiger partial charge in [0.25, 0.3) is 11.6 Å². The van der Waals surface area contributed by atoms with Gasteiger partial charge in [0.1, 0.15) is 0 Å². The number of carbonyl (C=O) groups excluding carboxylic acids is 3. The van der Waals surface area contributed by atoms with Crippen molar-refractivity contribution in [2.75, 3.05) is 10.2 Å². The lowest BCUT2D eigenvalue weighted by Crippen LogP contribution is -2.32. The van der Waals surface area contributed by atoms with Crippen LogP contribution < -0.4 is 10.2 Å². The van der Waals surface area contributed by atoms with Crippen LogP contribution in [0, 0.1) is 40.7 Å². The molecular formula is C23H19N3O5. The van der Waals surface area contributed by atoms with Crippen molar-refractivity contribution in [1.82, 2.24) is 0 Å². The molecule has 5 rings (SSSR count). The number of carbonyl (C=O) groups is 3. The van der Waals surface area contributed by atoms with E-state index in [0.29, 0.717) is 22.5 Å². The van der Waals surface area contributed by atoms with E-state index in [1.807, 2.05) is 12.2 Å². The number of amides is 3. The molecule has 2 bridgehead atoms. The fourth-order valence-corrected chi connectivity index (χ4v) is 5.01. The highest BCUT2D eigenvalue weighted by molar-refractivity contribution is 6.23. The average molecular weight is 417 g/mol. The van der Waals surface area contributed by atoms with Crippen LogP contribution in [0.1, 0.15) is 22.3 Å². The second kappa shape index (κ2) is 6.87. The molecule has 8 nitrogen and oxygen atoms in total. The second-order valence-corrected chi connectivity index (χ2v) is 8.27. The Bertz CT molecular complexity index is 1140. The Hall–Kier alpha value is -3.81. The number of nitrogens with one attached hydrogen (secondary N) is 1. The number of nitro groups is 1. The number of non-ortho nitro benzene ring substituents is 1. The minimum atomic E-state index is -0.492. The highest BCUT2D eigenvalue weighted by Crippen LogP contribution is 2.53. The van der Waals surface area contributed by atoms with Gasteiger partial charge in [-0.3, -0.25) is 29.4 Å². The van der Waals surface area contributed by atoms with Gasteiger partial charge in [-0.05, 0) is 61.1 Å². The highest BCUT2D eigenvalue weighted by atomic mass is 16.6. The van der Waals surface area contributed by atoms with Crippen LogP contribution >= 0.6 is 0 Å². The first kappa shape index (κ1) is 19.2. The Balaban J connectivity index is 1.33. The van der Waals surface area contributed by atoms with Crippen molar-refractivity contribution in [3.63, 3.8) is 0 Å². The van der Waals surface area contributed by atoms with Crippen molar-refractivity contribution in [3.05, 3.63) is 75.9 Å². The first-order chi connectivity index (χ1) is 14.8. The number of fused-ring (bicyclic) bond motifs is 5. The Labute approximate surface area is 177 Å². The molecule has 4 atom stereocenters. The van der Waals surface area contributed by atoms with Gasteiger partial charge in [0.15, 0.2) is 0 Å². The predicted molar refractivity (Wildman–Crippen MR) is 112 cm³/mol. The maximum Gasteiger partial charge on any atom is 0.269 e. The molecule has 0 unspecified atom stereocenters. The first-order valence-electron chi connectivity index (χ1n) is 10.1. The Morgan fingerprint density at radius 3 is 2.19 bits per heavy atom. The molecule has 1 heterocycles. The molecule has 0 radical (unpaired) electrons. The molecule has 1 N–H and O–H groups in total. The van der Waals surface area contributed by atoms with E-state index in [4.69, 9.17) is 0 Å². The smallest absolute Gasteiger partial charge is 0.269 e. The molecule has 1 saturated carbocycles. The van der Waals surface area contributed by atoms with Crippen LogP contribution in [0.4, 0.5) is 17.1 Å².